The minimum absolute atomic E-state index is 0.0898. The highest BCUT2D eigenvalue weighted by atomic mass is 79.9. The smallest absolute Gasteiger partial charge is 0.234 e. The van der Waals surface area contributed by atoms with Crippen LogP contribution in [0.1, 0.15) is 6.42 Å². The van der Waals surface area contributed by atoms with Crippen molar-refractivity contribution in [1.82, 2.24) is 9.97 Å². The number of nitrogens with zero attached hydrogens (tertiary/aromatic N) is 3. The SMILES string of the molecule is COc1cncc(N2CC(CBr)CC2=O)n1. The van der Waals surface area contributed by atoms with Gasteiger partial charge in [0, 0.05) is 18.3 Å². The summed E-state index contributed by atoms with van der Waals surface area (Å²) >= 11 is 3.39. The molecular weight excluding hydrogens is 274 g/mol. The van der Waals surface area contributed by atoms with E-state index in [-0.39, 0.29) is 5.91 Å². The van der Waals surface area contributed by atoms with Gasteiger partial charge in [-0.25, -0.2) is 0 Å². The van der Waals surface area contributed by atoms with Crippen LogP contribution in [-0.4, -0.2) is 34.9 Å². The molecule has 1 aliphatic rings. The summed E-state index contributed by atoms with van der Waals surface area (Å²) in [6, 6.07) is 0. The zero-order valence-electron chi connectivity index (χ0n) is 8.89. The van der Waals surface area contributed by atoms with Crippen LogP contribution in [0.4, 0.5) is 5.82 Å². The first-order valence-electron chi connectivity index (χ1n) is 4.97. The highest BCUT2D eigenvalue weighted by Gasteiger charge is 2.30. The van der Waals surface area contributed by atoms with E-state index in [1.807, 2.05) is 0 Å². The van der Waals surface area contributed by atoms with Gasteiger partial charge in [-0.05, 0) is 5.92 Å². The largest absolute Gasteiger partial charge is 0.480 e. The van der Waals surface area contributed by atoms with Crippen molar-refractivity contribution in [1.29, 1.82) is 0 Å². The Balaban J connectivity index is 2.20. The maximum Gasteiger partial charge on any atom is 0.234 e. The van der Waals surface area contributed by atoms with Crippen molar-refractivity contribution in [2.24, 2.45) is 5.92 Å². The fourth-order valence-electron chi connectivity index (χ4n) is 1.67. The second kappa shape index (κ2) is 4.78. The number of aromatic nitrogens is 2. The molecule has 16 heavy (non-hydrogen) atoms. The molecule has 1 unspecified atom stereocenters. The Hall–Kier alpha value is -1.17. The van der Waals surface area contributed by atoms with Gasteiger partial charge in [-0.1, -0.05) is 15.9 Å². The van der Waals surface area contributed by atoms with Gasteiger partial charge in [-0.15, -0.1) is 0 Å². The molecule has 2 rings (SSSR count). The lowest BCUT2D eigenvalue weighted by Crippen LogP contribution is -2.25. The summed E-state index contributed by atoms with van der Waals surface area (Å²) in [7, 11) is 1.53. The fraction of sp³-hybridized carbons (Fsp3) is 0.500. The van der Waals surface area contributed by atoms with Crippen LogP contribution < -0.4 is 9.64 Å². The molecule has 0 bridgehead atoms. The first kappa shape index (κ1) is 11.3. The second-order valence-corrected chi connectivity index (χ2v) is 4.30. The van der Waals surface area contributed by atoms with Crippen molar-refractivity contribution in [2.45, 2.75) is 6.42 Å². The van der Waals surface area contributed by atoms with Gasteiger partial charge < -0.3 is 4.74 Å². The van der Waals surface area contributed by atoms with Crippen molar-refractivity contribution < 1.29 is 9.53 Å². The zero-order valence-corrected chi connectivity index (χ0v) is 10.5. The summed E-state index contributed by atoms with van der Waals surface area (Å²) in [5.41, 5.74) is 0. The number of anilines is 1. The molecule has 0 spiro atoms. The first-order chi connectivity index (χ1) is 7.74. The normalized spacial score (nSPS) is 20.2. The van der Waals surface area contributed by atoms with E-state index < -0.39 is 0 Å². The van der Waals surface area contributed by atoms with Gasteiger partial charge in [0.1, 0.15) is 0 Å². The topological polar surface area (TPSA) is 55.3 Å². The van der Waals surface area contributed by atoms with Gasteiger partial charge >= 0.3 is 0 Å². The first-order valence-corrected chi connectivity index (χ1v) is 6.09. The summed E-state index contributed by atoms with van der Waals surface area (Å²) < 4.78 is 4.98. The molecule has 1 aromatic heterocycles. The number of halogens is 1. The molecule has 2 heterocycles. The van der Waals surface area contributed by atoms with Crippen molar-refractivity contribution >= 4 is 27.7 Å². The fourth-order valence-corrected chi connectivity index (χ4v) is 2.11. The average molecular weight is 286 g/mol. The molecule has 0 saturated carbocycles. The highest BCUT2D eigenvalue weighted by molar-refractivity contribution is 9.09. The monoisotopic (exact) mass is 285 g/mol. The molecule has 5 nitrogen and oxygen atoms in total. The number of rotatable bonds is 3. The molecule has 1 atom stereocenters. The van der Waals surface area contributed by atoms with Gasteiger partial charge in [0.15, 0.2) is 5.82 Å². The van der Waals surface area contributed by atoms with Crippen molar-refractivity contribution in [3.8, 4) is 5.88 Å². The van der Waals surface area contributed by atoms with E-state index in [2.05, 4.69) is 25.9 Å². The number of hydrogen-bond acceptors (Lipinski definition) is 4. The lowest BCUT2D eigenvalue weighted by Gasteiger charge is -2.14. The molecule has 0 aliphatic carbocycles. The number of carbonyl (C=O) groups is 1. The Labute approximate surface area is 102 Å². The Bertz CT molecular complexity index is 399. The minimum atomic E-state index is 0.0898. The second-order valence-electron chi connectivity index (χ2n) is 3.65. The number of alkyl halides is 1. The molecule has 0 aromatic carbocycles. The van der Waals surface area contributed by atoms with Crippen molar-refractivity contribution in [2.75, 3.05) is 23.9 Å². The molecule has 1 aliphatic heterocycles. The number of hydrogen-bond donors (Lipinski definition) is 0. The average Bonchev–Trinajstić information content (AvgIpc) is 2.71. The Morgan fingerprint density at radius 1 is 1.62 bits per heavy atom. The Kier molecular flexibility index (Phi) is 3.38. The minimum Gasteiger partial charge on any atom is -0.480 e. The quantitative estimate of drug-likeness (QED) is 0.784. The van der Waals surface area contributed by atoms with E-state index in [0.717, 1.165) is 5.33 Å². The third-order valence-electron chi connectivity index (χ3n) is 2.51. The molecule has 1 fully saturated rings. The van der Waals surface area contributed by atoms with Gasteiger partial charge in [-0.3, -0.25) is 14.7 Å². The van der Waals surface area contributed by atoms with E-state index in [1.54, 1.807) is 11.1 Å². The van der Waals surface area contributed by atoms with Gasteiger partial charge in [0.25, 0.3) is 0 Å². The van der Waals surface area contributed by atoms with E-state index in [4.69, 9.17) is 4.74 Å². The highest BCUT2D eigenvalue weighted by Crippen LogP contribution is 2.25. The van der Waals surface area contributed by atoms with E-state index in [0.29, 0.717) is 30.6 Å². The van der Waals surface area contributed by atoms with Gasteiger partial charge in [0.05, 0.1) is 19.5 Å². The molecular formula is C10H12BrN3O2. The van der Waals surface area contributed by atoms with Crippen LogP contribution in [0, 0.1) is 5.92 Å². The Morgan fingerprint density at radius 2 is 2.44 bits per heavy atom. The van der Waals surface area contributed by atoms with Crippen LogP contribution in [0.25, 0.3) is 0 Å². The van der Waals surface area contributed by atoms with E-state index >= 15 is 0 Å². The van der Waals surface area contributed by atoms with Crippen LogP contribution in [-0.2, 0) is 4.79 Å². The maximum atomic E-state index is 11.7. The maximum absolute atomic E-state index is 11.7. The number of ether oxygens (including phenoxy) is 1. The molecule has 0 N–H and O–H groups in total. The molecule has 0 radical (unpaired) electrons. The van der Waals surface area contributed by atoms with Crippen LogP contribution in [0.3, 0.4) is 0 Å². The third-order valence-corrected chi connectivity index (χ3v) is 3.42. The van der Waals surface area contributed by atoms with Crippen molar-refractivity contribution in [3.05, 3.63) is 12.4 Å². The van der Waals surface area contributed by atoms with E-state index in [1.165, 1.54) is 13.3 Å². The molecule has 1 amide bonds. The lowest BCUT2D eigenvalue weighted by molar-refractivity contribution is -0.117. The molecule has 86 valence electrons. The van der Waals surface area contributed by atoms with Crippen LogP contribution >= 0.6 is 15.9 Å². The summed E-state index contributed by atoms with van der Waals surface area (Å²) in [4.78, 5) is 21.6. The summed E-state index contributed by atoms with van der Waals surface area (Å²) in [6.45, 7) is 0.686. The standard InChI is InChI=1S/C10H12BrN3O2/c1-16-9-5-12-4-8(13-9)14-6-7(3-11)2-10(14)15/h4-5,7H,2-3,6H2,1H3. The summed E-state index contributed by atoms with van der Waals surface area (Å²) in [6.07, 6.45) is 3.66. The number of methoxy groups -OCH3 is 1. The molecule has 1 saturated heterocycles. The molecule has 6 heteroatoms. The Morgan fingerprint density at radius 3 is 3.06 bits per heavy atom. The summed E-state index contributed by atoms with van der Waals surface area (Å²) in [5.74, 6) is 1.42. The van der Waals surface area contributed by atoms with Crippen LogP contribution in [0.5, 0.6) is 5.88 Å². The predicted octanol–water partition coefficient (Wildman–Crippen LogP) is 1.23. The van der Waals surface area contributed by atoms with E-state index in [9.17, 15) is 4.79 Å². The van der Waals surface area contributed by atoms with Crippen LogP contribution in [0.15, 0.2) is 12.4 Å². The predicted molar refractivity (Wildman–Crippen MR) is 62.8 cm³/mol. The summed E-state index contributed by atoms with van der Waals surface area (Å²) in [5, 5.41) is 0.826. The van der Waals surface area contributed by atoms with Crippen LogP contribution in [0.2, 0.25) is 0 Å². The molecule has 1 aromatic rings. The lowest BCUT2D eigenvalue weighted by atomic mass is 10.2. The van der Waals surface area contributed by atoms with Gasteiger partial charge in [0.2, 0.25) is 11.8 Å². The van der Waals surface area contributed by atoms with Gasteiger partial charge in [-0.2, -0.15) is 4.98 Å². The van der Waals surface area contributed by atoms with Crippen molar-refractivity contribution in [3.63, 3.8) is 0 Å². The third kappa shape index (κ3) is 2.16. The zero-order chi connectivity index (χ0) is 11.5. The number of amides is 1. The number of carbonyl (C=O) groups excluding carboxylic acids is 1.